The molecule has 32 heavy (non-hydrogen) atoms. The Balaban J connectivity index is 1.35. The summed E-state index contributed by atoms with van der Waals surface area (Å²) in [4.78, 5) is 45.2. The van der Waals surface area contributed by atoms with Gasteiger partial charge in [0.25, 0.3) is 5.56 Å². The number of nitrogens with one attached hydrogen (secondary N) is 1. The Kier molecular flexibility index (Phi) is 5.76. The van der Waals surface area contributed by atoms with Gasteiger partial charge in [0.15, 0.2) is 11.2 Å². The molecule has 0 aliphatic rings. The zero-order valence-electron chi connectivity index (χ0n) is 18.2. The molecule has 3 aromatic heterocycles. The smallest absolute Gasteiger partial charge is 0.332 e. The molecule has 4 rings (SSSR count). The fourth-order valence-electron chi connectivity index (χ4n) is 3.72. The van der Waals surface area contributed by atoms with Crippen molar-refractivity contribution in [3.05, 3.63) is 75.7 Å². The summed E-state index contributed by atoms with van der Waals surface area (Å²) in [5, 5.41) is 3.01. The molecule has 0 aliphatic heterocycles. The van der Waals surface area contributed by atoms with Crippen LogP contribution in [0.15, 0.2) is 58.9 Å². The lowest BCUT2D eigenvalue weighted by Gasteiger charge is -2.15. The SMILES string of the molecule is C[C@@H](NC(=O)CCCn1cnc2c1c(=O)n(C)c(=O)n2C)c1ccc(-n2ccnc2)cc1. The molecular weight excluding hydrogens is 410 g/mol. The first-order chi connectivity index (χ1) is 15.4. The first kappa shape index (κ1) is 21.3. The minimum absolute atomic E-state index is 0.0686. The average Bonchev–Trinajstić information content (AvgIpc) is 3.47. The standard InChI is InChI=1S/C22H25N7O3/c1-15(16-6-8-17(9-7-16)28-12-10-23-13-28)25-18(30)5-4-11-29-14-24-20-19(29)21(31)27(3)22(32)26(20)2/h6-10,12-15H,4-5,11H2,1-3H3,(H,25,30)/t15-/m1/s1. The van der Waals surface area contributed by atoms with E-state index in [1.54, 1.807) is 24.1 Å². The fraction of sp³-hybridized carbons (Fsp3) is 0.318. The van der Waals surface area contributed by atoms with Gasteiger partial charge >= 0.3 is 5.69 Å². The van der Waals surface area contributed by atoms with Crippen molar-refractivity contribution in [3.63, 3.8) is 0 Å². The Morgan fingerprint density at radius 1 is 1.09 bits per heavy atom. The zero-order valence-corrected chi connectivity index (χ0v) is 18.2. The molecule has 0 saturated heterocycles. The maximum Gasteiger partial charge on any atom is 0.332 e. The summed E-state index contributed by atoms with van der Waals surface area (Å²) >= 11 is 0. The summed E-state index contributed by atoms with van der Waals surface area (Å²) in [5.74, 6) is -0.0686. The highest BCUT2D eigenvalue weighted by Crippen LogP contribution is 2.16. The molecule has 0 unspecified atom stereocenters. The number of rotatable bonds is 7. The number of hydrogen-bond acceptors (Lipinski definition) is 5. The maximum atomic E-state index is 12.5. The number of imidazole rings is 2. The van der Waals surface area contributed by atoms with E-state index in [9.17, 15) is 14.4 Å². The van der Waals surface area contributed by atoms with E-state index in [4.69, 9.17) is 0 Å². The molecule has 1 N–H and O–H groups in total. The average molecular weight is 435 g/mol. The molecule has 0 aliphatic carbocycles. The van der Waals surface area contributed by atoms with E-state index in [-0.39, 0.29) is 11.9 Å². The van der Waals surface area contributed by atoms with Crippen molar-refractivity contribution in [2.24, 2.45) is 14.1 Å². The highest BCUT2D eigenvalue weighted by Gasteiger charge is 2.15. The van der Waals surface area contributed by atoms with Crippen LogP contribution in [0, 0.1) is 0 Å². The third kappa shape index (κ3) is 3.98. The number of carbonyl (C=O) groups excluding carboxylic acids is 1. The van der Waals surface area contributed by atoms with Crippen molar-refractivity contribution in [2.75, 3.05) is 0 Å². The van der Waals surface area contributed by atoms with Crippen LogP contribution in [-0.2, 0) is 25.4 Å². The van der Waals surface area contributed by atoms with Crippen LogP contribution in [-0.4, -0.2) is 34.1 Å². The first-order valence-corrected chi connectivity index (χ1v) is 10.4. The number of carbonyl (C=O) groups is 1. The number of nitrogens with zero attached hydrogens (tertiary/aromatic N) is 6. The van der Waals surface area contributed by atoms with E-state index in [0.717, 1.165) is 15.8 Å². The third-order valence-electron chi connectivity index (χ3n) is 5.59. The van der Waals surface area contributed by atoms with Crippen LogP contribution in [0.5, 0.6) is 0 Å². The van der Waals surface area contributed by atoms with Gasteiger partial charge < -0.3 is 14.5 Å². The molecule has 0 bridgehead atoms. The van der Waals surface area contributed by atoms with Crippen LogP contribution in [0.25, 0.3) is 16.9 Å². The quantitative estimate of drug-likeness (QED) is 0.470. The van der Waals surface area contributed by atoms with E-state index in [1.165, 1.54) is 17.9 Å². The van der Waals surface area contributed by atoms with Crippen molar-refractivity contribution >= 4 is 17.1 Å². The van der Waals surface area contributed by atoms with E-state index in [2.05, 4.69) is 15.3 Å². The molecule has 0 fully saturated rings. The highest BCUT2D eigenvalue weighted by atomic mass is 16.2. The van der Waals surface area contributed by atoms with Crippen LogP contribution >= 0.6 is 0 Å². The summed E-state index contributed by atoms with van der Waals surface area (Å²) in [6.07, 6.45) is 7.72. The number of amides is 1. The molecule has 10 nitrogen and oxygen atoms in total. The van der Waals surface area contributed by atoms with Gasteiger partial charge in [-0.1, -0.05) is 12.1 Å². The predicted molar refractivity (Wildman–Crippen MR) is 120 cm³/mol. The molecule has 3 heterocycles. The molecule has 0 spiro atoms. The Labute approximate surface area is 183 Å². The molecule has 4 aromatic rings. The van der Waals surface area contributed by atoms with Crippen molar-refractivity contribution in [2.45, 2.75) is 32.4 Å². The van der Waals surface area contributed by atoms with Gasteiger partial charge in [-0.25, -0.2) is 14.8 Å². The minimum Gasteiger partial charge on any atom is -0.350 e. The van der Waals surface area contributed by atoms with Gasteiger partial charge in [0.05, 0.1) is 18.7 Å². The second kappa shape index (κ2) is 8.66. The topological polar surface area (TPSA) is 109 Å². The van der Waals surface area contributed by atoms with Gasteiger partial charge in [0, 0.05) is 45.1 Å². The molecule has 1 atom stereocenters. The van der Waals surface area contributed by atoms with Gasteiger partial charge in [-0.15, -0.1) is 0 Å². The maximum absolute atomic E-state index is 12.5. The second-order valence-corrected chi connectivity index (χ2v) is 7.77. The van der Waals surface area contributed by atoms with Crippen LogP contribution in [0.4, 0.5) is 0 Å². The minimum atomic E-state index is -0.417. The van der Waals surface area contributed by atoms with Crippen LogP contribution in [0.1, 0.15) is 31.4 Å². The monoisotopic (exact) mass is 435 g/mol. The van der Waals surface area contributed by atoms with E-state index >= 15 is 0 Å². The highest BCUT2D eigenvalue weighted by molar-refractivity contribution is 5.76. The molecule has 0 radical (unpaired) electrons. The van der Waals surface area contributed by atoms with Crippen LogP contribution in [0.2, 0.25) is 0 Å². The molecule has 10 heteroatoms. The summed E-state index contributed by atoms with van der Waals surface area (Å²) in [6, 6.07) is 7.81. The van der Waals surface area contributed by atoms with Crippen molar-refractivity contribution < 1.29 is 4.79 Å². The number of aromatic nitrogens is 6. The van der Waals surface area contributed by atoms with Crippen molar-refractivity contribution in [1.82, 2.24) is 33.6 Å². The lowest BCUT2D eigenvalue weighted by atomic mass is 10.1. The van der Waals surface area contributed by atoms with Crippen LogP contribution in [0.3, 0.4) is 0 Å². The molecular formula is C22H25N7O3. The van der Waals surface area contributed by atoms with Gasteiger partial charge in [-0.05, 0) is 31.0 Å². The summed E-state index contributed by atoms with van der Waals surface area (Å²) in [6.45, 7) is 2.39. The van der Waals surface area contributed by atoms with E-state index in [0.29, 0.717) is 30.6 Å². The number of hydrogen-bond donors (Lipinski definition) is 1. The molecule has 1 aromatic carbocycles. The lowest BCUT2D eigenvalue weighted by molar-refractivity contribution is -0.121. The normalized spacial score (nSPS) is 12.2. The van der Waals surface area contributed by atoms with Gasteiger partial charge in [-0.3, -0.25) is 18.7 Å². The van der Waals surface area contributed by atoms with Crippen molar-refractivity contribution in [3.8, 4) is 5.69 Å². The largest absolute Gasteiger partial charge is 0.350 e. The summed E-state index contributed by atoms with van der Waals surface area (Å²) in [5.41, 5.74) is 1.90. The molecule has 1 amide bonds. The summed E-state index contributed by atoms with van der Waals surface area (Å²) < 4.78 is 6.02. The number of benzene rings is 1. The van der Waals surface area contributed by atoms with Crippen LogP contribution < -0.4 is 16.6 Å². The molecule has 0 saturated carbocycles. The van der Waals surface area contributed by atoms with E-state index < -0.39 is 11.2 Å². The Hall–Kier alpha value is -3.95. The Bertz CT molecular complexity index is 1360. The van der Waals surface area contributed by atoms with Crippen molar-refractivity contribution in [1.29, 1.82) is 0 Å². The predicted octanol–water partition coefficient (Wildman–Crippen LogP) is 1.28. The lowest BCUT2D eigenvalue weighted by Crippen LogP contribution is -2.37. The number of fused-ring (bicyclic) bond motifs is 1. The van der Waals surface area contributed by atoms with Gasteiger partial charge in [0.1, 0.15) is 0 Å². The molecule has 166 valence electrons. The Morgan fingerprint density at radius 2 is 1.84 bits per heavy atom. The third-order valence-corrected chi connectivity index (χ3v) is 5.59. The first-order valence-electron chi connectivity index (χ1n) is 10.4. The van der Waals surface area contributed by atoms with Gasteiger partial charge in [0.2, 0.25) is 5.91 Å². The fourth-order valence-corrected chi connectivity index (χ4v) is 3.72. The zero-order chi connectivity index (χ0) is 22.8. The second-order valence-electron chi connectivity index (χ2n) is 7.77. The summed E-state index contributed by atoms with van der Waals surface area (Å²) in [7, 11) is 3.02. The van der Waals surface area contributed by atoms with E-state index in [1.807, 2.05) is 42.0 Å². The Morgan fingerprint density at radius 3 is 2.53 bits per heavy atom. The van der Waals surface area contributed by atoms with Gasteiger partial charge in [-0.2, -0.15) is 0 Å². The number of aryl methyl sites for hydroxylation is 2.